The summed E-state index contributed by atoms with van der Waals surface area (Å²) in [5, 5.41) is 4.19. The van der Waals surface area contributed by atoms with Gasteiger partial charge in [0, 0.05) is 24.5 Å². The van der Waals surface area contributed by atoms with Gasteiger partial charge in [-0.3, -0.25) is 0 Å². The molecule has 4 heteroatoms. The van der Waals surface area contributed by atoms with Crippen LogP contribution in [0, 0.1) is 0 Å². The van der Waals surface area contributed by atoms with E-state index in [0.717, 1.165) is 28.0 Å². The van der Waals surface area contributed by atoms with Crippen molar-refractivity contribution in [1.29, 1.82) is 0 Å². The van der Waals surface area contributed by atoms with Gasteiger partial charge in [0.1, 0.15) is 11.6 Å². The van der Waals surface area contributed by atoms with Crippen molar-refractivity contribution < 1.29 is 4.74 Å². The highest BCUT2D eigenvalue weighted by Gasteiger charge is 2.05. The Bertz CT molecular complexity index is 566. The van der Waals surface area contributed by atoms with E-state index in [9.17, 15) is 0 Å². The first-order valence-corrected chi connectivity index (χ1v) is 5.79. The molecule has 0 aliphatic heterocycles. The summed E-state index contributed by atoms with van der Waals surface area (Å²) < 4.78 is 5.37. The van der Waals surface area contributed by atoms with Crippen LogP contribution >= 0.6 is 0 Å². The number of benzene rings is 1. The van der Waals surface area contributed by atoms with Crippen molar-refractivity contribution in [2.24, 2.45) is 5.73 Å². The Kier molecular flexibility index (Phi) is 3.79. The largest absolute Gasteiger partial charge is 0.496 e. The smallest absolute Gasteiger partial charge is 0.131 e. The van der Waals surface area contributed by atoms with Gasteiger partial charge in [0.25, 0.3) is 0 Å². The summed E-state index contributed by atoms with van der Waals surface area (Å²) in [6.45, 7) is 4.93. The highest BCUT2D eigenvalue weighted by atomic mass is 16.5. The Morgan fingerprint density at radius 2 is 2.22 bits per heavy atom. The number of pyridine rings is 1. The highest BCUT2D eigenvalue weighted by molar-refractivity contribution is 5.86. The molecule has 1 aromatic carbocycles. The molecular formula is C14H17N3O. The molecule has 2 rings (SSSR count). The predicted octanol–water partition coefficient (Wildman–Crippen LogP) is 2.17. The lowest BCUT2D eigenvalue weighted by molar-refractivity contribution is 0.419. The number of anilines is 1. The van der Waals surface area contributed by atoms with Gasteiger partial charge >= 0.3 is 0 Å². The van der Waals surface area contributed by atoms with Crippen LogP contribution < -0.4 is 15.8 Å². The van der Waals surface area contributed by atoms with Crippen LogP contribution in [-0.2, 0) is 0 Å². The first-order chi connectivity index (χ1) is 8.74. The minimum Gasteiger partial charge on any atom is -0.496 e. The number of para-hydroxylation sites is 1. The number of nitrogens with two attached hydrogens (primary N) is 1. The quantitative estimate of drug-likeness (QED) is 0.790. The summed E-state index contributed by atoms with van der Waals surface area (Å²) in [5.41, 5.74) is 7.33. The van der Waals surface area contributed by atoms with Crippen molar-refractivity contribution in [2.45, 2.75) is 0 Å². The average molecular weight is 243 g/mol. The molecule has 0 radical (unpaired) electrons. The number of rotatable bonds is 5. The van der Waals surface area contributed by atoms with Crippen molar-refractivity contribution in [3.05, 3.63) is 42.5 Å². The first kappa shape index (κ1) is 12.4. The lowest BCUT2D eigenvalue weighted by Crippen LogP contribution is -2.12. The van der Waals surface area contributed by atoms with Crippen molar-refractivity contribution >= 4 is 16.7 Å². The summed E-state index contributed by atoms with van der Waals surface area (Å²) in [5.74, 6) is 1.57. The maximum atomic E-state index is 5.50. The van der Waals surface area contributed by atoms with Gasteiger partial charge in [0.2, 0.25) is 0 Å². The zero-order chi connectivity index (χ0) is 13.0. The van der Waals surface area contributed by atoms with Gasteiger partial charge in [-0.1, -0.05) is 18.7 Å². The van der Waals surface area contributed by atoms with Gasteiger partial charge in [-0.15, -0.1) is 0 Å². The zero-order valence-corrected chi connectivity index (χ0v) is 10.4. The Morgan fingerprint density at radius 3 is 2.94 bits per heavy atom. The zero-order valence-electron chi connectivity index (χ0n) is 10.4. The molecule has 0 bridgehead atoms. The van der Waals surface area contributed by atoms with Crippen molar-refractivity contribution in [3.63, 3.8) is 0 Å². The molecule has 0 unspecified atom stereocenters. The van der Waals surface area contributed by atoms with E-state index in [1.54, 1.807) is 7.11 Å². The van der Waals surface area contributed by atoms with E-state index in [4.69, 9.17) is 10.5 Å². The number of methoxy groups -OCH3 is 1. The second kappa shape index (κ2) is 5.51. The minimum atomic E-state index is 0.470. The van der Waals surface area contributed by atoms with Crippen LogP contribution in [0.15, 0.2) is 42.5 Å². The number of hydrogen-bond donors (Lipinski definition) is 2. The Morgan fingerprint density at radius 1 is 1.44 bits per heavy atom. The van der Waals surface area contributed by atoms with Gasteiger partial charge in [-0.05, 0) is 17.7 Å². The van der Waals surface area contributed by atoms with E-state index in [1.165, 1.54) is 0 Å². The van der Waals surface area contributed by atoms with Crippen LogP contribution in [0.25, 0.3) is 10.9 Å². The van der Waals surface area contributed by atoms with Crippen molar-refractivity contribution in [3.8, 4) is 5.75 Å². The van der Waals surface area contributed by atoms with E-state index < -0.39 is 0 Å². The van der Waals surface area contributed by atoms with Gasteiger partial charge in [0.05, 0.1) is 12.6 Å². The first-order valence-electron chi connectivity index (χ1n) is 5.79. The monoisotopic (exact) mass is 243 g/mol. The molecule has 2 aromatic rings. The van der Waals surface area contributed by atoms with Gasteiger partial charge in [-0.25, -0.2) is 4.98 Å². The normalized spacial score (nSPS) is 10.3. The topological polar surface area (TPSA) is 60.2 Å². The van der Waals surface area contributed by atoms with Crippen LogP contribution in [0.3, 0.4) is 0 Å². The lowest BCUT2D eigenvalue weighted by Gasteiger charge is -2.10. The van der Waals surface area contributed by atoms with Crippen LogP contribution in [0.4, 0.5) is 5.82 Å². The standard InChI is InChI=1S/C14H17N3O/c1-10(8-15)9-16-14-7-13(18-2)11-5-3-4-6-12(11)17-14/h3-7H,1,8-9,15H2,2H3,(H,16,17). The molecule has 0 aliphatic carbocycles. The average Bonchev–Trinajstić information content (AvgIpc) is 2.43. The van der Waals surface area contributed by atoms with Crippen LogP contribution in [0.1, 0.15) is 0 Å². The third-order valence-corrected chi connectivity index (χ3v) is 2.71. The third-order valence-electron chi connectivity index (χ3n) is 2.71. The van der Waals surface area contributed by atoms with Crippen LogP contribution in [0.2, 0.25) is 0 Å². The van der Waals surface area contributed by atoms with Gasteiger partial charge in [-0.2, -0.15) is 0 Å². The van der Waals surface area contributed by atoms with Gasteiger partial charge in [0.15, 0.2) is 0 Å². The fraction of sp³-hybridized carbons (Fsp3) is 0.214. The number of nitrogens with zero attached hydrogens (tertiary/aromatic N) is 1. The maximum absolute atomic E-state index is 5.50. The van der Waals surface area contributed by atoms with Crippen LogP contribution in [-0.4, -0.2) is 25.2 Å². The summed E-state index contributed by atoms with van der Waals surface area (Å²) >= 11 is 0. The number of aromatic nitrogens is 1. The highest BCUT2D eigenvalue weighted by Crippen LogP contribution is 2.26. The van der Waals surface area contributed by atoms with E-state index >= 15 is 0 Å². The number of nitrogens with one attached hydrogen (secondary N) is 1. The Hall–Kier alpha value is -2.07. The molecule has 0 amide bonds. The molecule has 1 heterocycles. The molecule has 0 fully saturated rings. The SMILES string of the molecule is C=C(CN)CNc1cc(OC)c2ccccc2n1. The minimum absolute atomic E-state index is 0.470. The Labute approximate surface area is 106 Å². The predicted molar refractivity (Wildman–Crippen MR) is 75.0 cm³/mol. The molecular weight excluding hydrogens is 226 g/mol. The molecule has 0 saturated heterocycles. The fourth-order valence-electron chi connectivity index (χ4n) is 1.69. The van der Waals surface area contributed by atoms with E-state index in [0.29, 0.717) is 13.1 Å². The number of hydrogen-bond acceptors (Lipinski definition) is 4. The molecule has 3 N–H and O–H groups in total. The lowest BCUT2D eigenvalue weighted by atomic mass is 10.2. The van der Waals surface area contributed by atoms with Gasteiger partial charge < -0.3 is 15.8 Å². The molecule has 1 aromatic heterocycles. The Balaban J connectivity index is 2.32. The summed E-state index contributed by atoms with van der Waals surface area (Å²) in [4.78, 5) is 4.52. The molecule has 4 nitrogen and oxygen atoms in total. The second-order valence-corrected chi connectivity index (χ2v) is 4.03. The van der Waals surface area contributed by atoms with Crippen LogP contribution in [0.5, 0.6) is 5.75 Å². The summed E-state index contributed by atoms with van der Waals surface area (Å²) in [7, 11) is 1.66. The van der Waals surface area contributed by atoms with Crippen molar-refractivity contribution in [1.82, 2.24) is 4.98 Å². The van der Waals surface area contributed by atoms with E-state index in [2.05, 4.69) is 16.9 Å². The molecule has 0 atom stereocenters. The van der Waals surface area contributed by atoms with Crippen molar-refractivity contribution in [2.75, 3.05) is 25.5 Å². The molecule has 18 heavy (non-hydrogen) atoms. The number of fused-ring (bicyclic) bond motifs is 1. The van der Waals surface area contributed by atoms with E-state index in [-0.39, 0.29) is 0 Å². The van der Waals surface area contributed by atoms with E-state index in [1.807, 2.05) is 30.3 Å². The molecule has 94 valence electrons. The second-order valence-electron chi connectivity index (χ2n) is 4.03. The fourth-order valence-corrected chi connectivity index (χ4v) is 1.69. The third kappa shape index (κ3) is 2.60. The molecule has 0 spiro atoms. The maximum Gasteiger partial charge on any atom is 0.131 e. The molecule has 0 saturated carbocycles. The number of ether oxygens (including phenoxy) is 1. The summed E-state index contributed by atoms with van der Waals surface area (Å²) in [6.07, 6.45) is 0. The summed E-state index contributed by atoms with van der Waals surface area (Å²) in [6, 6.07) is 9.75. The molecule has 0 aliphatic rings.